The number of carbonyl (C=O) groups is 1. The molecule has 1 fully saturated rings. The summed E-state index contributed by atoms with van der Waals surface area (Å²) in [4.78, 5) is 19.6. The predicted octanol–water partition coefficient (Wildman–Crippen LogP) is 4.07. The van der Waals surface area contributed by atoms with Crippen molar-refractivity contribution in [3.05, 3.63) is 15.6 Å². The molecular weight excluding hydrogens is 312 g/mol. The monoisotopic (exact) mass is 340 g/mol. The summed E-state index contributed by atoms with van der Waals surface area (Å²) in [5, 5.41) is 1.02. The van der Waals surface area contributed by atoms with E-state index in [1.54, 1.807) is 16.2 Å². The molecule has 23 heavy (non-hydrogen) atoms. The van der Waals surface area contributed by atoms with Gasteiger partial charge in [0.25, 0.3) is 0 Å². The van der Waals surface area contributed by atoms with Crippen molar-refractivity contribution in [2.24, 2.45) is 0 Å². The molecule has 0 spiro atoms. The minimum absolute atomic E-state index is 0.202. The number of nitrogens with zero attached hydrogens (tertiary/aromatic N) is 2. The summed E-state index contributed by atoms with van der Waals surface area (Å²) in [5.74, 6) is 0. The average Bonchev–Trinajstić information content (AvgIpc) is 2.75. The molecule has 1 aliphatic rings. The van der Waals surface area contributed by atoms with E-state index in [9.17, 15) is 4.79 Å². The smallest absolute Gasteiger partial charge is 0.410 e. The molecule has 0 atom stereocenters. The molecule has 1 aromatic rings. The maximum absolute atomic E-state index is 12.1. The molecule has 130 valence electrons. The van der Waals surface area contributed by atoms with Crippen LogP contribution >= 0.6 is 11.3 Å². The number of piperidine rings is 1. The topological polar surface area (TPSA) is 51.7 Å². The first-order valence-electron chi connectivity index (χ1n) is 8.13. The molecule has 0 saturated carbocycles. The van der Waals surface area contributed by atoms with Gasteiger partial charge in [-0.3, -0.25) is 0 Å². The third kappa shape index (κ3) is 5.18. The van der Waals surface area contributed by atoms with Gasteiger partial charge in [-0.15, -0.1) is 11.3 Å². The standard InChI is InChI=1S/C17H28N2O3S/c1-12-13(2)23-14(18-12)11-21-17(6)7-9-19(10-8-17)15(20)22-16(3,4)5/h7-11H2,1-6H3. The number of rotatable bonds is 3. The van der Waals surface area contributed by atoms with Gasteiger partial charge in [0, 0.05) is 18.0 Å². The van der Waals surface area contributed by atoms with E-state index in [0.29, 0.717) is 19.7 Å². The highest BCUT2D eigenvalue weighted by Gasteiger charge is 2.34. The Balaban J connectivity index is 1.83. The van der Waals surface area contributed by atoms with Crippen LogP contribution in [0.15, 0.2) is 0 Å². The number of amides is 1. The lowest BCUT2D eigenvalue weighted by molar-refractivity contribution is -0.0812. The first-order chi connectivity index (χ1) is 10.6. The van der Waals surface area contributed by atoms with Crippen LogP contribution < -0.4 is 0 Å². The van der Waals surface area contributed by atoms with E-state index in [1.807, 2.05) is 27.7 Å². The molecule has 5 nitrogen and oxygen atoms in total. The highest BCUT2D eigenvalue weighted by molar-refractivity contribution is 7.11. The Hall–Kier alpha value is -1.14. The van der Waals surface area contributed by atoms with Crippen LogP contribution in [-0.4, -0.2) is 40.3 Å². The van der Waals surface area contributed by atoms with E-state index in [4.69, 9.17) is 9.47 Å². The van der Waals surface area contributed by atoms with E-state index in [2.05, 4.69) is 18.8 Å². The molecule has 0 aromatic carbocycles. The van der Waals surface area contributed by atoms with Gasteiger partial charge in [0.1, 0.15) is 10.6 Å². The zero-order chi connectivity index (χ0) is 17.3. The van der Waals surface area contributed by atoms with Crippen LogP contribution in [0.2, 0.25) is 0 Å². The van der Waals surface area contributed by atoms with Crippen LogP contribution in [0, 0.1) is 13.8 Å². The fraction of sp³-hybridized carbons (Fsp3) is 0.765. The normalized spacial score (nSPS) is 18.1. The molecule has 1 aromatic heterocycles. The van der Waals surface area contributed by atoms with Crippen LogP contribution in [-0.2, 0) is 16.1 Å². The number of likely N-dealkylation sites (tertiary alicyclic amines) is 1. The third-order valence-electron chi connectivity index (χ3n) is 4.09. The van der Waals surface area contributed by atoms with Gasteiger partial charge in [-0.2, -0.15) is 0 Å². The van der Waals surface area contributed by atoms with Gasteiger partial charge in [0.05, 0.1) is 17.9 Å². The van der Waals surface area contributed by atoms with E-state index >= 15 is 0 Å². The second kappa shape index (κ2) is 6.77. The highest BCUT2D eigenvalue weighted by Crippen LogP contribution is 2.29. The van der Waals surface area contributed by atoms with Crippen molar-refractivity contribution < 1.29 is 14.3 Å². The third-order valence-corrected chi connectivity index (χ3v) is 5.14. The second-order valence-corrected chi connectivity index (χ2v) is 8.74. The quantitative estimate of drug-likeness (QED) is 0.832. The van der Waals surface area contributed by atoms with E-state index in [1.165, 1.54) is 4.88 Å². The Morgan fingerprint density at radius 2 is 1.91 bits per heavy atom. The molecular formula is C17H28N2O3S. The van der Waals surface area contributed by atoms with Gasteiger partial charge in [-0.1, -0.05) is 0 Å². The zero-order valence-corrected chi connectivity index (χ0v) is 15.9. The van der Waals surface area contributed by atoms with E-state index < -0.39 is 5.60 Å². The van der Waals surface area contributed by atoms with E-state index in [0.717, 1.165) is 23.5 Å². The summed E-state index contributed by atoms with van der Waals surface area (Å²) in [6.07, 6.45) is 1.40. The summed E-state index contributed by atoms with van der Waals surface area (Å²) < 4.78 is 11.6. The molecule has 0 N–H and O–H groups in total. The van der Waals surface area contributed by atoms with Crippen LogP contribution in [0.4, 0.5) is 4.79 Å². The maximum atomic E-state index is 12.1. The maximum Gasteiger partial charge on any atom is 0.410 e. The summed E-state index contributed by atoms with van der Waals surface area (Å²) in [7, 11) is 0. The van der Waals surface area contributed by atoms with Crippen LogP contribution in [0.5, 0.6) is 0 Å². The largest absolute Gasteiger partial charge is 0.444 e. The van der Waals surface area contributed by atoms with Gasteiger partial charge in [0.2, 0.25) is 0 Å². The number of thiazole rings is 1. The van der Waals surface area contributed by atoms with Crippen LogP contribution in [0.1, 0.15) is 56.1 Å². The number of hydrogen-bond donors (Lipinski definition) is 0. The summed E-state index contributed by atoms with van der Waals surface area (Å²) in [6, 6.07) is 0. The molecule has 1 saturated heterocycles. The van der Waals surface area contributed by atoms with Gasteiger partial charge >= 0.3 is 6.09 Å². The fourth-order valence-electron chi connectivity index (χ4n) is 2.47. The van der Waals surface area contributed by atoms with Gasteiger partial charge in [-0.25, -0.2) is 9.78 Å². The average molecular weight is 340 g/mol. The molecule has 1 aliphatic heterocycles. The summed E-state index contributed by atoms with van der Waals surface area (Å²) in [6.45, 7) is 13.8. The predicted molar refractivity (Wildman–Crippen MR) is 91.8 cm³/mol. The molecule has 2 rings (SSSR count). The summed E-state index contributed by atoms with van der Waals surface area (Å²) >= 11 is 1.69. The summed E-state index contributed by atoms with van der Waals surface area (Å²) in [5.41, 5.74) is 0.430. The Morgan fingerprint density at radius 1 is 1.30 bits per heavy atom. The molecule has 0 unspecified atom stereocenters. The van der Waals surface area contributed by atoms with Crippen molar-refractivity contribution >= 4 is 17.4 Å². The second-order valence-electron chi connectivity index (χ2n) is 7.46. The van der Waals surface area contributed by atoms with Crippen LogP contribution in [0.25, 0.3) is 0 Å². The minimum atomic E-state index is -0.450. The lowest BCUT2D eigenvalue weighted by Crippen LogP contribution is -2.47. The molecule has 6 heteroatoms. The van der Waals surface area contributed by atoms with E-state index in [-0.39, 0.29) is 11.7 Å². The highest BCUT2D eigenvalue weighted by atomic mass is 32.1. The minimum Gasteiger partial charge on any atom is -0.444 e. The number of ether oxygens (including phenoxy) is 2. The lowest BCUT2D eigenvalue weighted by atomic mass is 9.93. The first kappa shape index (κ1) is 18.2. The van der Waals surface area contributed by atoms with Gasteiger partial charge < -0.3 is 14.4 Å². The van der Waals surface area contributed by atoms with Gasteiger partial charge in [0.15, 0.2) is 0 Å². The zero-order valence-electron chi connectivity index (χ0n) is 15.1. The van der Waals surface area contributed by atoms with Crippen molar-refractivity contribution in [3.8, 4) is 0 Å². The van der Waals surface area contributed by atoms with Crippen molar-refractivity contribution in [2.45, 2.75) is 72.2 Å². The van der Waals surface area contributed by atoms with Crippen molar-refractivity contribution in [3.63, 3.8) is 0 Å². The SMILES string of the molecule is Cc1nc(COC2(C)CCN(C(=O)OC(C)(C)C)CC2)sc1C. The Kier molecular flexibility index (Phi) is 5.36. The first-order valence-corrected chi connectivity index (χ1v) is 8.94. The van der Waals surface area contributed by atoms with Gasteiger partial charge in [-0.05, 0) is 54.4 Å². The molecule has 0 aliphatic carbocycles. The number of aromatic nitrogens is 1. The molecule has 2 heterocycles. The molecule has 0 radical (unpaired) electrons. The van der Waals surface area contributed by atoms with Crippen LogP contribution in [0.3, 0.4) is 0 Å². The lowest BCUT2D eigenvalue weighted by Gasteiger charge is -2.39. The number of aryl methyl sites for hydroxylation is 2. The van der Waals surface area contributed by atoms with Crippen molar-refractivity contribution in [1.29, 1.82) is 0 Å². The molecule has 0 bridgehead atoms. The number of hydrogen-bond acceptors (Lipinski definition) is 5. The number of carbonyl (C=O) groups excluding carboxylic acids is 1. The fourth-order valence-corrected chi connectivity index (χ4v) is 3.32. The van der Waals surface area contributed by atoms with Crippen molar-refractivity contribution in [1.82, 2.24) is 9.88 Å². The Morgan fingerprint density at radius 3 is 2.39 bits per heavy atom. The Bertz CT molecular complexity index is 535. The van der Waals surface area contributed by atoms with Crippen molar-refractivity contribution in [2.75, 3.05) is 13.1 Å². The Labute approximate surface area is 143 Å². The molecule has 1 amide bonds.